The number of hydrogen-bond acceptors (Lipinski definition) is 6. The zero-order chi connectivity index (χ0) is 35.2. The number of amides is 2. The van der Waals surface area contributed by atoms with Gasteiger partial charge in [-0.1, -0.05) is 69.5 Å². The number of carbonyl (C=O) groups is 4. The Morgan fingerprint density at radius 3 is 1.90 bits per heavy atom. The highest BCUT2D eigenvalue weighted by atomic mass is 16.5. The fourth-order valence-corrected chi connectivity index (χ4v) is 5.75. The summed E-state index contributed by atoms with van der Waals surface area (Å²) in [5, 5.41) is 12.3. The van der Waals surface area contributed by atoms with Crippen LogP contribution in [-0.2, 0) is 22.6 Å². The van der Waals surface area contributed by atoms with Gasteiger partial charge in [0.1, 0.15) is 18.0 Å². The molecule has 1 aliphatic rings. The second-order valence-corrected chi connectivity index (χ2v) is 11.7. The number of methoxy groups -OCH3 is 1. The summed E-state index contributed by atoms with van der Waals surface area (Å²) in [7, 11) is 1.58. The lowest BCUT2D eigenvalue weighted by molar-refractivity contribution is -0.137. The molecule has 2 N–H and O–H groups in total. The van der Waals surface area contributed by atoms with Gasteiger partial charge in [-0.2, -0.15) is 0 Å². The molecule has 0 aliphatic heterocycles. The van der Waals surface area contributed by atoms with Crippen molar-refractivity contribution in [2.75, 3.05) is 19.0 Å². The zero-order valence-electron chi connectivity index (χ0n) is 28.3. The fourth-order valence-electron chi connectivity index (χ4n) is 5.75. The second-order valence-electron chi connectivity index (χ2n) is 11.7. The largest absolute Gasteiger partial charge is 0.497 e. The smallest absolute Gasteiger partial charge is 0.343 e. The number of nitrogens with zero attached hydrogens (tertiary/aromatic N) is 1. The van der Waals surface area contributed by atoms with Gasteiger partial charge in [-0.3, -0.25) is 14.4 Å². The van der Waals surface area contributed by atoms with Gasteiger partial charge in [0.25, 0.3) is 5.91 Å². The third-order valence-electron chi connectivity index (χ3n) is 8.28. The molecule has 9 nitrogen and oxygen atoms in total. The highest BCUT2D eigenvalue weighted by Crippen LogP contribution is 2.32. The van der Waals surface area contributed by atoms with Crippen molar-refractivity contribution >= 4 is 29.4 Å². The van der Waals surface area contributed by atoms with Gasteiger partial charge < -0.3 is 24.8 Å². The van der Waals surface area contributed by atoms with Crippen LogP contribution in [0.25, 0.3) is 0 Å². The van der Waals surface area contributed by atoms with Crippen LogP contribution in [0.2, 0.25) is 0 Å². The number of carbonyl (C=O) groups excluding carboxylic acids is 3. The van der Waals surface area contributed by atoms with Crippen LogP contribution in [0.5, 0.6) is 11.5 Å². The Labute approximate surface area is 287 Å². The van der Waals surface area contributed by atoms with Crippen molar-refractivity contribution in [1.82, 2.24) is 4.90 Å². The number of carboxylic acids is 1. The minimum Gasteiger partial charge on any atom is -0.497 e. The van der Waals surface area contributed by atoms with Crippen molar-refractivity contribution in [3.63, 3.8) is 0 Å². The van der Waals surface area contributed by atoms with E-state index in [1.807, 2.05) is 38.1 Å². The van der Waals surface area contributed by atoms with Gasteiger partial charge in [-0.25, -0.2) is 4.79 Å². The maximum atomic E-state index is 13.3. The number of benzene rings is 4. The summed E-state index contributed by atoms with van der Waals surface area (Å²) in [6.07, 6.45) is 6.32. The molecular formula is C40H44N2O7. The fraction of sp³-hybridized carbons (Fsp3) is 0.300. The number of rotatable bonds is 12. The van der Waals surface area contributed by atoms with E-state index in [4.69, 9.17) is 9.47 Å². The van der Waals surface area contributed by atoms with Gasteiger partial charge in [0.15, 0.2) is 0 Å². The monoisotopic (exact) mass is 664 g/mol. The normalized spacial score (nSPS) is 12.6. The quantitative estimate of drug-likeness (QED) is 0.117. The summed E-state index contributed by atoms with van der Waals surface area (Å²) in [4.78, 5) is 51.4. The molecule has 0 atom stereocenters. The molecule has 1 saturated carbocycles. The number of ether oxygens (including phenoxy) is 2. The van der Waals surface area contributed by atoms with E-state index >= 15 is 0 Å². The number of anilines is 1. The van der Waals surface area contributed by atoms with Gasteiger partial charge in [-0.05, 0) is 96.1 Å². The second kappa shape index (κ2) is 18.2. The summed E-state index contributed by atoms with van der Waals surface area (Å²) >= 11 is 0. The van der Waals surface area contributed by atoms with Crippen LogP contribution in [0, 0.1) is 0 Å². The van der Waals surface area contributed by atoms with Crippen molar-refractivity contribution < 1.29 is 33.8 Å². The number of hydrogen-bond donors (Lipinski definition) is 2. The molecule has 1 fully saturated rings. The number of esters is 1. The molecule has 2 amide bonds. The maximum Gasteiger partial charge on any atom is 0.343 e. The summed E-state index contributed by atoms with van der Waals surface area (Å²) in [6, 6.07) is 27.8. The van der Waals surface area contributed by atoms with Crippen LogP contribution in [0.4, 0.5) is 5.69 Å². The predicted molar refractivity (Wildman–Crippen MR) is 189 cm³/mol. The summed E-state index contributed by atoms with van der Waals surface area (Å²) in [5.74, 6) is -0.709. The highest BCUT2D eigenvalue weighted by Gasteiger charge is 2.20. The van der Waals surface area contributed by atoms with Crippen molar-refractivity contribution in [2.24, 2.45) is 0 Å². The molecule has 0 radical (unpaired) electrons. The maximum absolute atomic E-state index is 13.3. The zero-order valence-corrected chi connectivity index (χ0v) is 28.3. The molecular weight excluding hydrogens is 620 g/mol. The molecule has 1 aliphatic carbocycles. The molecule has 0 spiro atoms. The summed E-state index contributed by atoms with van der Waals surface area (Å²) in [6.45, 7) is 3.52. The lowest BCUT2D eigenvalue weighted by Gasteiger charge is -2.22. The molecule has 0 saturated heterocycles. The number of carboxylic acid groups (broad SMARTS) is 1. The van der Waals surface area contributed by atoms with Crippen molar-refractivity contribution in [3.05, 3.63) is 125 Å². The summed E-state index contributed by atoms with van der Waals surface area (Å²) in [5.41, 5.74) is 4.00. The van der Waals surface area contributed by atoms with Gasteiger partial charge in [0.2, 0.25) is 5.91 Å². The average Bonchev–Trinajstić information content (AvgIpc) is 3.13. The van der Waals surface area contributed by atoms with Gasteiger partial charge in [0.05, 0.1) is 19.1 Å². The van der Waals surface area contributed by atoms with E-state index < -0.39 is 24.4 Å². The van der Waals surface area contributed by atoms with Crippen LogP contribution >= 0.6 is 0 Å². The Bertz CT molecular complexity index is 1680. The van der Waals surface area contributed by atoms with Crippen LogP contribution in [0.1, 0.15) is 89.3 Å². The molecule has 4 aromatic rings. The van der Waals surface area contributed by atoms with E-state index in [1.54, 1.807) is 79.9 Å². The Hall–Kier alpha value is -5.44. The van der Waals surface area contributed by atoms with Crippen LogP contribution < -0.4 is 14.8 Å². The third kappa shape index (κ3) is 10.8. The molecule has 5 rings (SSSR count). The molecule has 4 aromatic carbocycles. The first-order valence-corrected chi connectivity index (χ1v) is 16.7. The number of aliphatic carboxylic acids is 1. The van der Waals surface area contributed by atoms with Gasteiger partial charge >= 0.3 is 11.9 Å². The molecule has 9 heteroatoms. The third-order valence-corrected chi connectivity index (χ3v) is 8.28. The summed E-state index contributed by atoms with van der Waals surface area (Å²) < 4.78 is 10.7. The van der Waals surface area contributed by atoms with E-state index in [0.717, 1.165) is 5.56 Å². The van der Waals surface area contributed by atoms with Crippen molar-refractivity contribution in [1.29, 1.82) is 0 Å². The molecule has 0 bridgehead atoms. The molecule has 0 heterocycles. The lowest BCUT2D eigenvalue weighted by Crippen LogP contribution is -2.35. The van der Waals surface area contributed by atoms with E-state index in [1.165, 1.54) is 42.6 Å². The minimum atomic E-state index is -1.15. The first-order chi connectivity index (χ1) is 23.8. The van der Waals surface area contributed by atoms with Crippen LogP contribution in [-0.4, -0.2) is 47.4 Å². The first-order valence-electron chi connectivity index (χ1n) is 16.7. The van der Waals surface area contributed by atoms with E-state index in [2.05, 4.69) is 5.32 Å². The van der Waals surface area contributed by atoms with E-state index in [-0.39, 0.29) is 24.4 Å². The average molecular weight is 665 g/mol. The van der Waals surface area contributed by atoms with Crippen LogP contribution in [0.3, 0.4) is 0 Å². The molecule has 0 aromatic heterocycles. The van der Waals surface area contributed by atoms with Crippen molar-refractivity contribution in [2.45, 2.75) is 64.8 Å². The predicted octanol–water partition coefficient (Wildman–Crippen LogP) is 7.90. The van der Waals surface area contributed by atoms with E-state index in [9.17, 15) is 24.3 Å². The minimum absolute atomic E-state index is 0.0301. The number of nitrogens with one attached hydrogen (secondary N) is 1. The standard InChI is InChI=1S/C38H38N2O7.C2H6/c1-46-33-19-7-26(8-20-33)23-35(41)39-32-17-15-30(16-18-32)37(44)40(25-36(42)43)24-27-9-21-34(22-10-27)47-38(45)31-13-11-29(12-14-31)28-5-3-2-4-6-28;1-2/h7-22,28H,2-6,23-25H2,1H3,(H,39,41)(H,42,43);1-2H3. The van der Waals surface area contributed by atoms with Gasteiger partial charge in [0, 0.05) is 17.8 Å². The van der Waals surface area contributed by atoms with Crippen molar-refractivity contribution in [3.8, 4) is 11.5 Å². The topological polar surface area (TPSA) is 122 Å². The van der Waals surface area contributed by atoms with Gasteiger partial charge in [-0.15, -0.1) is 0 Å². The van der Waals surface area contributed by atoms with E-state index in [0.29, 0.717) is 34.2 Å². The Morgan fingerprint density at radius 2 is 1.31 bits per heavy atom. The Balaban J connectivity index is 0.00000265. The SMILES string of the molecule is CC.COc1ccc(CC(=O)Nc2ccc(C(=O)N(CC(=O)O)Cc3ccc(OC(=O)c4ccc(C5CCCCC5)cc4)cc3)cc2)cc1. The molecule has 256 valence electrons. The molecule has 0 unspecified atom stereocenters. The highest BCUT2D eigenvalue weighted by molar-refractivity contribution is 5.97. The van der Waals surface area contributed by atoms with Crippen LogP contribution in [0.15, 0.2) is 97.1 Å². The molecule has 49 heavy (non-hydrogen) atoms. The Morgan fingerprint density at radius 1 is 0.735 bits per heavy atom. The Kier molecular flexibility index (Phi) is 13.5. The first kappa shape index (κ1) is 36.4. The lowest BCUT2D eigenvalue weighted by atomic mass is 9.84.